The first-order valence-corrected chi connectivity index (χ1v) is 9.02. The average Bonchev–Trinajstić information content (AvgIpc) is 3.08. The number of aliphatic hydroxyl groups excluding tert-OH is 1. The van der Waals surface area contributed by atoms with Crippen LogP contribution in [0.1, 0.15) is 50.2 Å². The van der Waals surface area contributed by atoms with Crippen LogP contribution in [0.4, 0.5) is 0 Å². The van der Waals surface area contributed by atoms with Crippen LogP contribution in [-0.2, 0) is 0 Å². The minimum Gasteiger partial charge on any atom is -0.387 e. The highest BCUT2D eigenvalue weighted by Crippen LogP contribution is 2.26. The van der Waals surface area contributed by atoms with E-state index in [2.05, 4.69) is 10.2 Å². The Kier molecular flexibility index (Phi) is 5.75. The average molecular weight is 323 g/mol. The van der Waals surface area contributed by atoms with Crippen LogP contribution in [0.3, 0.4) is 0 Å². The highest BCUT2D eigenvalue weighted by atomic mass is 35.5. The molecule has 122 valence electrons. The van der Waals surface area contributed by atoms with Gasteiger partial charge in [-0.25, -0.2) is 0 Å². The lowest BCUT2D eigenvalue weighted by molar-refractivity contribution is 0.129. The fraction of sp³-hybridized carbons (Fsp3) is 0.667. The summed E-state index contributed by atoms with van der Waals surface area (Å²) in [7, 11) is 0. The van der Waals surface area contributed by atoms with E-state index in [4.69, 9.17) is 11.6 Å². The first kappa shape index (κ1) is 16.3. The molecule has 1 aliphatic heterocycles. The molecule has 1 aromatic rings. The van der Waals surface area contributed by atoms with E-state index in [-0.39, 0.29) is 0 Å². The van der Waals surface area contributed by atoms with E-state index in [9.17, 15) is 5.11 Å². The van der Waals surface area contributed by atoms with E-state index in [0.717, 1.165) is 11.6 Å². The van der Waals surface area contributed by atoms with E-state index in [1.807, 2.05) is 24.3 Å². The van der Waals surface area contributed by atoms with E-state index in [0.29, 0.717) is 17.6 Å². The zero-order chi connectivity index (χ0) is 15.4. The highest BCUT2D eigenvalue weighted by Gasteiger charge is 2.27. The molecule has 1 saturated carbocycles. The van der Waals surface area contributed by atoms with Gasteiger partial charge in [-0.15, -0.1) is 0 Å². The Labute approximate surface area is 138 Å². The summed E-state index contributed by atoms with van der Waals surface area (Å²) in [6, 6.07) is 8.91. The van der Waals surface area contributed by atoms with Gasteiger partial charge in [-0.05, 0) is 44.8 Å². The van der Waals surface area contributed by atoms with Crippen LogP contribution >= 0.6 is 11.6 Å². The van der Waals surface area contributed by atoms with Crippen molar-refractivity contribution in [2.45, 2.75) is 56.7 Å². The highest BCUT2D eigenvalue weighted by molar-refractivity contribution is 6.31. The van der Waals surface area contributed by atoms with Crippen molar-refractivity contribution < 1.29 is 5.11 Å². The predicted octanol–water partition coefficient (Wildman–Crippen LogP) is 3.37. The molecule has 0 amide bonds. The third kappa shape index (κ3) is 4.02. The van der Waals surface area contributed by atoms with Crippen molar-refractivity contribution in [3.8, 4) is 0 Å². The largest absolute Gasteiger partial charge is 0.387 e. The number of nitrogens with one attached hydrogen (secondary N) is 1. The second-order valence-corrected chi connectivity index (χ2v) is 7.10. The van der Waals surface area contributed by atoms with Gasteiger partial charge in [0.15, 0.2) is 0 Å². The molecule has 1 atom stereocenters. The Hall–Kier alpha value is -0.610. The summed E-state index contributed by atoms with van der Waals surface area (Å²) in [6.07, 6.45) is 7.45. The van der Waals surface area contributed by atoms with Gasteiger partial charge >= 0.3 is 0 Å². The van der Waals surface area contributed by atoms with Crippen molar-refractivity contribution in [2.75, 3.05) is 19.6 Å². The van der Waals surface area contributed by atoms with E-state index in [1.165, 1.54) is 51.6 Å². The second-order valence-electron chi connectivity index (χ2n) is 6.69. The molecule has 0 spiro atoms. The van der Waals surface area contributed by atoms with Crippen LogP contribution in [0.2, 0.25) is 5.02 Å². The molecule has 1 unspecified atom stereocenters. The Balaban J connectivity index is 1.42. The number of hydrogen-bond acceptors (Lipinski definition) is 3. The second kappa shape index (κ2) is 7.78. The maximum Gasteiger partial charge on any atom is 0.0928 e. The molecular formula is C18H27ClN2O. The topological polar surface area (TPSA) is 35.5 Å². The van der Waals surface area contributed by atoms with Crippen molar-refractivity contribution in [1.29, 1.82) is 0 Å². The third-order valence-electron chi connectivity index (χ3n) is 5.23. The third-order valence-corrected chi connectivity index (χ3v) is 5.58. The quantitative estimate of drug-likeness (QED) is 0.872. The van der Waals surface area contributed by atoms with Crippen LogP contribution < -0.4 is 5.32 Å². The SMILES string of the molecule is OC(CNC1CCN(C2CCCC2)CC1)c1ccccc1Cl. The molecule has 1 heterocycles. The van der Waals surface area contributed by atoms with E-state index in [1.54, 1.807) is 0 Å². The number of hydrogen-bond donors (Lipinski definition) is 2. The number of benzene rings is 1. The van der Waals surface area contributed by atoms with Crippen molar-refractivity contribution in [3.05, 3.63) is 34.9 Å². The number of nitrogens with zero attached hydrogens (tertiary/aromatic N) is 1. The summed E-state index contributed by atoms with van der Waals surface area (Å²) in [5.41, 5.74) is 0.819. The number of halogens is 1. The summed E-state index contributed by atoms with van der Waals surface area (Å²) in [4.78, 5) is 2.68. The summed E-state index contributed by atoms with van der Waals surface area (Å²) in [5.74, 6) is 0. The van der Waals surface area contributed by atoms with Crippen molar-refractivity contribution in [1.82, 2.24) is 10.2 Å². The van der Waals surface area contributed by atoms with Gasteiger partial charge in [-0.2, -0.15) is 0 Å². The number of rotatable bonds is 5. The van der Waals surface area contributed by atoms with Gasteiger partial charge in [0.2, 0.25) is 0 Å². The molecule has 1 aliphatic carbocycles. The van der Waals surface area contributed by atoms with Crippen LogP contribution in [0, 0.1) is 0 Å². The Morgan fingerprint density at radius 1 is 1.14 bits per heavy atom. The van der Waals surface area contributed by atoms with Crippen LogP contribution in [0.5, 0.6) is 0 Å². The van der Waals surface area contributed by atoms with Gasteiger partial charge in [-0.1, -0.05) is 42.6 Å². The summed E-state index contributed by atoms with van der Waals surface area (Å²) in [6.45, 7) is 2.98. The van der Waals surface area contributed by atoms with E-state index >= 15 is 0 Å². The Morgan fingerprint density at radius 2 is 1.82 bits per heavy atom. The molecule has 22 heavy (non-hydrogen) atoms. The van der Waals surface area contributed by atoms with Gasteiger partial charge in [0, 0.05) is 29.2 Å². The smallest absolute Gasteiger partial charge is 0.0928 e. The Morgan fingerprint density at radius 3 is 2.50 bits per heavy atom. The molecule has 4 heteroatoms. The monoisotopic (exact) mass is 322 g/mol. The molecule has 0 bridgehead atoms. The maximum atomic E-state index is 10.3. The number of piperidine rings is 1. The lowest BCUT2D eigenvalue weighted by Crippen LogP contribution is -2.46. The molecule has 2 N–H and O–H groups in total. The molecule has 2 aliphatic rings. The normalized spacial score (nSPS) is 23.0. The minimum absolute atomic E-state index is 0.523. The minimum atomic E-state index is -0.526. The zero-order valence-corrected chi connectivity index (χ0v) is 13.9. The van der Waals surface area contributed by atoms with Gasteiger partial charge < -0.3 is 15.3 Å². The van der Waals surface area contributed by atoms with Crippen LogP contribution in [-0.4, -0.2) is 41.7 Å². The molecule has 1 aromatic carbocycles. The number of likely N-dealkylation sites (tertiary alicyclic amines) is 1. The predicted molar refractivity (Wildman–Crippen MR) is 91.3 cm³/mol. The maximum absolute atomic E-state index is 10.3. The summed E-state index contributed by atoms with van der Waals surface area (Å²) < 4.78 is 0. The van der Waals surface area contributed by atoms with Crippen molar-refractivity contribution in [3.63, 3.8) is 0 Å². The molecule has 3 nitrogen and oxygen atoms in total. The molecule has 1 saturated heterocycles. The van der Waals surface area contributed by atoms with Crippen LogP contribution in [0.25, 0.3) is 0 Å². The van der Waals surface area contributed by atoms with E-state index < -0.39 is 6.10 Å². The first-order chi connectivity index (χ1) is 10.7. The van der Waals surface area contributed by atoms with Gasteiger partial charge in [0.1, 0.15) is 0 Å². The zero-order valence-electron chi connectivity index (χ0n) is 13.2. The lowest BCUT2D eigenvalue weighted by atomic mass is 10.0. The van der Waals surface area contributed by atoms with Crippen LogP contribution in [0.15, 0.2) is 24.3 Å². The molecule has 2 fully saturated rings. The van der Waals surface area contributed by atoms with Gasteiger partial charge in [-0.3, -0.25) is 0 Å². The fourth-order valence-corrected chi connectivity index (χ4v) is 4.13. The van der Waals surface area contributed by atoms with Crippen molar-refractivity contribution >= 4 is 11.6 Å². The molecule has 0 radical (unpaired) electrons. The summed E-state index contributed by atoms with van der Waals surface area (Å²) in [5, 5.41) is 14.5. The lowest BCUT2D eigenvalue weighted by Gasteiger charge is -2.36. The number of aliphatic hydroxyl groups is 1. The van der Waals surface area contributed by atoms with Gasteiger partial charge in [0.25, 0.3) is 0 Å². The molecular weight excluding hydrogens is 296 g/mol. The standard InChI is InChI=1S/C18H27ClN2O/c19-17-8-4-3-7-16(17)18(22)13-20-14-9-11-21(12-10-14)15-5-1-2-6-15/h3-4,7-8,14-15,18,20,22H,1-2,5-6,9-13H2. The molecule has 0 aromatic heterocycles. The molecule has 3 rings (SSSR count). The fourth-order valence-electron chi connectivity index (χ4n) is 3.87. The summed E-state index contributed by atoms with van der Waals surface area (Å²) >= 11 is 6.14. The van der Waals surface area contributed by atoms with Gasteiger partial charge in [0.05, 0.1) is 6.10 Å². The first-order valence-electron chi connectivity index (χ1n) is 8.64. The Bertz CT molecular complexity index is 468. The van der Waals surface area contributed by atoms with Crippen molar-refractivity contribution in [2.24, 2.45) is 0 Å².